The minimum atomic E-state index is -0.518. The third-order valence-electron chi connectivity index (χ3n) is 3.70. The van der Waals surface area contributed by atoms with Crippen LogP contribution in [0, 0.1) is 5.82 Å². The zero-order valence-corrected chi connectivity index (χ0v) is 16.7. The van der Waals surface area contributed by atoms with Gasteiger partial charge in [-0.2, -0.15) is 4.68 Å². The van der Waals surface area contributed by atoms with E-state index in [1.54, 1.807) is 28.9 Å². The summed E-state index contributed by atoms with van der Waals surface area (Å²) in [7, 11) is 0. The molecule has 2 aromatic carbocycles. The molecular weight excluding hydrogens is 401 g/mol. The SMILES string of the molecule is CSc1nnnn1-c1cccc(NC(=O)CSc2ccc(C(C)=O)cc2F)c1. The smallest absolute Gasteiger partial charge is 0.234 e. The van der Waals surface area contributed by atoms with Crippen molar-refractivity contribution < 1.29 is 14.0 Å². The van der Waals surface area contributed by atoms with Crippen molar-refractivity contribution >= 4 is 40.9 Å². The van der Waals surface area contributed by atoms with E-state index in [1.807, 2.05) is 12.3 Å². The fourth-order valence-electron chi connectivity index (χ4n) is 2.36. The predicted molar refractivity (Wildman–Crippen MR) is 107 cm³/mol. The number of thioether (sulfide) groups is 2. The Morgan fingerprint density at radius 1 is 1.21 bits per heavy atom. The number of nitrogens with one attached hydrogen (secondary N) is 1. The quantitative estimate of drug-likeness (QED) is 0.465. The van der Waals surface area contributed by atoms with Gasteiger partial charge in [-0.15, -0.1) is 16.9 Å². The van der Waals surface area contributed by atoms with E-state index in [1.165, 1.54) is 30.8 Å². The molecule has 0 unspecified atom stereocenters. The predicted octanol–water partition coefficient (Wildman–Crippen LogP) is 3.46. The Morgan fingerprint density at radius 3 is 2.75 bits per heavy atom. The van der Waals surface area contributed by atoms with Crippen molar-refractivity contribution in [3.05, 3.63) is 53.8 Å². The molecule has 144 valence electrons. The lowest BCUT2D eigenvalue weighted by atomic mass is 10.1. The van der Waals surface area contributed by atoms with Gasteiger partial charge in [0.1, 0.15) is 5.82 Å². The van der Waals surface area contributed by atoms with Crippen LogP contribution in [0.5, 0.6) is 0 Å². The molecule has 1 heterocycles. The highest BCUT2D eigenvalue weighted by Gasteiger charge is 2.11. The zero-order valence-electron chi connectivity index (χ0n) is 15.0. The maximum absolute atomic E-state index is 14.0. The van der Waals surface area contributed by atoms with Gasteiger partial charge in [-0.1, -0.05) is 23.9 Å². The molecule has 0 radical (unpaired) electrons. The second-order valence-corrected chi connectivity index (χ2v) is 7.46. The molecule has 0 saturated carbocycles. The van der Waals surface area contributed by atoms with E-state index in [9.17, 15) is 14.0 Å². The van der Waals surface area contributed by atoms with Crippen molar-refractivity contribution in [1.29, 1.82) is 0 Å². The molecule has 1 amide bonds. The Kier molecular flexibility index (Phi) is 6.42. The van der Waals surface area contributed by atoms with E-state index in [2.05, 4.69) is 20.8 Å². The van der Waals surface area contributed by atoms with Gasteiger partial charge >= 0.3 is 0 Å². The summed E-state index contributed by atoms with van der Waals surface area (Å²) in [6.07, 6.45) is 1.87. The second kappa shape index (κ2) is 8.98. The first kappa shape index (κ1) is 20.0. The average molecular weight is 417 g/mol. The highest BCUT2D eigenvalue weighted by Crippen LogP contribution is 2.24. The first-order chi connectivity index (χ1) is 13.5. The van der Waals surface area contributed by atoms with Crippen molar-refractivity contribution in [2.45, 2.75) is 17.0 Å². The summed E-state index contributed by atoms with van der Waals surface area (Å²) >= 11 is 2.47. The topological polar surface area (TPSA) is 89.8 Å². The Morgan fingerprint density at radius 2 is 2.04 bits per heavy atom. The molecular formula is C18H16FN5O2S2. The van der Waals surface area contributed by atoms with Crippen LogP contribution >= 0.6 is 23.5 Å². The van der Waals surface area contributed by atoms with Crippen LogP contribution in [0.4, 0.5) is 10.1 Å². The molecule has 0 atom stereocenters. The highest BCUT2D eigenvalue weighted by atomic mass is 32.2. The fourth-order valence-corrected chi connectivity index (χ4v) is 3.51. The molecule has 28 heavy (non-hydrogen) atoms. The van der Waals surface area contributed by atoms with E-state index in [0.29, 0.717) is 27.0 Å². The first-order valence-corrected chi connectivity index (χ1v) is 10.3. The van der Waals surface area contributed by atoms with Crippen LogP contribution < -0.4 is 5.32 Å². The Balaban J connectivity index is 1.64. The number of ketones is 1. The zero-order chi connectivity index (χ0) is 20.1. The summed E-state index contributed by atoms with van der Waals surface area (Å²) in [6.45, 7) is 1.38. The number of nitrogens with zero attached hydrogens (tertiary/aromatic N) is 4. The monoisotopic (exact) mass is 417 g/mol. The Bertz CT molecular complexity index is 1020. The number of rotatable bonds is 7. The molecule has 7 nitrogen and oxygen atoms in total. The lowest BCUT2D eigenvalue weighted by Gasteiger charge is -2.08. The number of Topliss-reactive ketones (excluding diaryl/α,β-unsaturated/α-hetero) is 1. The summed E-state index contributed by atoms with van der Waals surface area (Å²) < 4.78 is 15.6. The lowest BCUT2D eigenvalue weighted by Crippen LogP contribution is -2.14. The van der Waals surface area contributed by atoms with E-state index in [4.69, 9.17) is 0 Å². The number of hydrogen-bond acceptors (Lipinski definition) is 7. The maximum Gasteiger partial charge on any atom is 0.234 e. The van der Waals surface area contributed by atoms with Crippen LogP contribution in [0.1, 0.15) is 17.3 Å². The van der Waals surface area contributed by atoms with Crippen molar-refractivity contribution in [3.63, 3.8) is 0 Å². The molecule has 1 aromatic heterocycles. The number of carbonyl (C=O) groups excluding carboxylic acids is 2. The van der Waals surface area contributed by atoms with Crippen molar-refractivity contribution in [3.8, 4) is 5.69 Å². The van der Waals surface area contributed by atoms with Crippen molar-refractivity contribution in [2.75, 3.05) is 17.3 Å². The summed E-state index contributed by atoms with van der Waals surface area (Å²) in [5.41, 5.74) is 1.60. The Labute approximate surface area is 169 Å². The van der Waals surface area contributed by atoms with Crippen LogP contribution in [-0.4, -0.2) is 43.9 Å². The normalized spacial score (nSPS) is 10.7. The van der Waals surface area contributed by atoms with E-state index < -0.39 is 5.82 Å². The number of anilines is 1. The molecule has 0 fully saturated rings. The summed E-state index contributed by atoms with van der Waals surface area (Å²) in [5, 5.41) is 14.9. The maximum atomic E-state index is 14.0. The highest BCUT2D eigenvalue weighted by molar-refractivity contribution is 8.00. The molecule has 0 aliphatic carbocycles. The van der Waals surface area contributed by atoms with Crippen LogP contribution in [0.2, 0.25) is 0 Å². The van der Waals surface area contributed by atoms with Gasteiger partial charge in [-0.3, -0.25) is 9.59 Å². The van der Waals surface area contributed by atoms with E-state index in [0.717, 1.165) is 11.8 Å². The number of hydrogen-bond donors (Lipinski definition) is 1. The largest absolute Gasteiger partial charge is 0.325 e. The molecule has 3 aromatic rings. The van der Waals surface area contributed by atoms with E-state index >= 15 is 0 Å². The van der Waals surface area contributed by atoms with Gasteiger partial charge in [0, 0.05) is 16.1 Å². The summed E-state index contributed by atoms with van der Waals surface area (Å²) in [6, 6.07) is 11.3. The van der Waals surface area contributed by atoms with Crippen LogP contribution in [-0.2, 0) is 4.79 Å². The molecule has 0 aliphatic rings. The summed E-state index contributed by atoms with van der Waals surface area (Å²) in [5.74, 6) is -0.975. The molecule has 0 saturated heterocycles. The van der Waals surface area contributed by atoms with Gasteiger partial charge in [-0.25, -0.2) is 4.39 Å². The number of aromatic nitrogens is 4. The van der Waals surface area contributed by atoms with Crippen LogP contribution in [0.3, 0.4) is 0 Å². The molecule has 0 aliphatic heterocycles. The first-order valence-electron chi connectivity index (χ1n) is 8.14. The van der Waals surface area contributed by atoms with Gasteiger partial charge in [-0.05, 0) is 53.9 Å². The molecule has 3 rings (SSSR count). The van der Waals surface area contributed by atoms with Gasteiger partial charge in [0.2, 0.25) is 11.1 Å². The van der Waals surface area contributed by atoms with Crippen molar-refractivity contribution in [2.24, 2.45) is 0 Å². The van der Waals surface area contributed by atoms with Gasteiger partial charge in [0.15, 0.2) is 5.78 Å². The van der Waals surface area contributed by atoms with Gasteiger partial charge in [0.05, 0.1) is 11.4 Å². The molecule has 0 spiro atoms. The number of carbonyl (C=O) groups is 2. The minimum Gasteiger partial charge on any atom is -0.325 e. The summed E-state index contributed by atoms with van der Waals surface area (Å²) in [4.78, 5) is 23.8. The number of tetrazole rings is 1. The number of halogens is 1. The third kappa shape index (κ3) is 4.76. The number of amides is 1. The third-order valence-corrected chi connectivity index (χ3v) is 5.36. The average Bonchev–Trinajstić information content (AvgIpc) is 3.16. The molecule has 1 N–H and O–H groups in total. The van der Waals surface area contributed by atoms with Crippen LogP contribution in [0.25, 0.3) is 5.69 Å². The molecule has 10 heteroatoms. The van der Waals surface area contributed by atoms with Gasteiger partial charge < -0.3 is 5.32 Å². The van der Waals surface area contributed by atoms with E-state index in [-0.39, 0.29) is 17.4 Å². The second-order valence-electron chi connectivity index (χ2n) is 5.67. The number of benzene rings is 2. The standard InChI is InChI=1S/C18H16FN5O2S2/c1-11(25)12-6-7-16(15(19)8-12)28-10-17(26)20-13-4-3-5-14(9-13)24-18(27-2)21-22-23-24/h3-9H,10H2,1-2H3,(H,20,26). The van der Waals surface area contributed by atoms with Gasteiger partial charge in [0.25, 0.3) is 0 Å². The Hall–Kier alpha value is -2.72. The minimum absolute atomic E-state index is 0.0293. The van der Waals surface area contributed by atoms with Crippen LogP contribution in [0.15, 0.2) is 52.5 Å². The fraction of sp³-hybridized carbons (Fsp3) is 0.167. The van der Waals surface area contributed by atoms with Crippen molar-refractivity contribution in [1.82, 2.24) is 20.2 Å². The lowest BCUT2D eigenvalue weighted by molar-refractivity contribution is -0.113. The molecule has 0 bridgehead atoms.